The van der Waals surface area contributed by atoms with Gasteiger partial charge >= 0.3 is 0 Å². The molecule has 1 atom stereocenters. The molecule has 1 aromatic carbocycles. The maximum Gasteiger partial charge on any atom is 0.223 e. The van der Waals surface area contributed by atoms with Crippen LogP contribution in [0.15, 0.2) is 23.6 Å². The van der Waals surface area contributed by atoms with Crippen LogP contribution in [-0.4, -0.2) is 28.9 Å². The lowest BCUT2D eigenvalue weighted by Gasteiger charge is -2.31. The molecular formula is C19H23Cl2N3OS. The zero-order valence-electron chi connectivity index (χ0n) is 15.0. The van der Waals surface area contributed by atoms with Crippen molar-refractivity contribution in [2.45, 2.75) is 39.3 Å². The highest BCUT2D eigenvalue weighted by Crippen LogP contribution is 2.27. The summed E-state index contributed by atoms with van der Waals surface area (Å²) in [5, 5.41) is 7.50. The molecule has 1 fully saturated rings. The standard InChI is InChI=1S/C19H23Cl2N3OS/c1-12(17-4-3-15(20)9-18(17)21)22-19(25)14-5-7-24(8-6-14)10-16-11-26-13(2)23-16/h3-4,9,11-12,14H,5-8,10H2,1-2H3,(H,22,25). The van der Waals surface area contributed by atoms with E-state index in [1.165, 1.54) is 0 Å². The van der Waals surface area contributed by atoms with Gasteiger partial charge in [0.05, 0.1) is 16.7 Å². The number of piperidine rings is 1. The summed E-state index contributed by atoms with van der Waals surface area (Å²) in [6, 6.07) is 5.24. The van der Waals surface area contributed by atoms with Gasteiger partial charge in [-0.3, -0.25) is 9.69 Å². The minimum atomic E-state index is -0.136. The summed E-state index contributed by atoms with van der Waals surface area (Å²) in [4.78, 5) is 19.5. The maximum atomic E-state index is 12.6. The molecule has 140 valence electrons. The number of hydrogen-bond acceptors (Lipinski definition) is 4. The Balaban J connectivity index is 1.50. The molecule has 2 aromatic rings. The van der Waals surface area contributed by atoms with Crippen molar-refractivity contribution in [1.82, 2.24) is 15.2 Å². The molecule has 1 aliphatic rings. The van der Waals surface area contributed by atoms with Gasteiger partial charge in [0.15, 0.2) is 0 Å². The van der Waals surface area contributed by atoms with Crippen LogP contribution in [0.3, 0.4) is 0 Å². The van der Waals surface area contributed by atoms with Gasteiger partial charge < -0.3 is 5.32 Å². The van der Waals surface area contributed by atoms with Gasteiger partial charge in [-0.05, 0) is 57.5 Å². The lowest BCUT2D eigenvalue weighted by atomic mass is 9.95. The van der Waals surface area contributed by atoms with Crippen molar-refractivity contribution in [1.29, 1.82) is 0 Å². The summed E-state index contributed by atoms with van der Waals surface area (Å²) in [6.45, 7) is 6.69. The number of benzene rings is 1. The number of hydrogen-bond donors (Lipinski definition) is 1. The molecule has 2 heterocycles. The van der Waals surface area contributed by atoms with Gasteiger partial charge in [-0.25, -0.2) is 4.98 Å². The molecular weight excluding hydrogens is 389 g/mol. The van der Waals surface area contributed by atoms with Crippen LogP contribution in [0.25, 0.3) is 0 Å². The van der Waals surface area contributed by atoms with Gasteiger partial charge in [0.1, 0.15) is 0 Å². The lowest BCUT2D eigenvalue weighted by Crippen LogP contribution is -2.41. The van der Waals surface area contributed by atoms with Gasteiger partial charge in [0.25, 0.3) is 0 Å². The number of carbonyl (C=O) groups excluding carboxylic acids is 1. The number of rotatable bonds is 5. The highest BCUT2D eigenvalue weighted by atomic mass is 35.5. The van der Waals surface area contributed by atoms with E-state index in [0.29, 0.717) is 10.0 Å². The Kier molecular flexibility index (Phi) is 6.56. The van der Waals surface area contributed by atoms with Crippen LogP contribution in [0, 0.1) is 12.8 Å². The number of aromatic nitrogens is 1. The number of halogens is 2. The van der Waals surface area contributed by atoms with Gasteiger partial charge in [-0.2, -0.15) is 0 Å². The van der Waals surface area contributed by atoms with Crippen molar-refractivity contribution in [3.63, 3.8) is 0 Å². The van der Waals surface area contributed by atoms with Gasteiger partial charge in [0.2, 0.25) is 5.91 Å². The van der Waals surface area contributed by atoms with Crippen molar-refractivity contribution in [2.24, 2.45) is 5.92 Å². The summed E-state index contributed by atoms with van der Waals surface area (Å²) in [7, 11) is 0. The second kappa shape index (κ2) is 8.70. The van der Waals surface area contributed by atoms with E-state index in [-0.39, 0.29) is 17.9 Å². The summed E-state index contributed by atoms with van der Waals surface area (Å²) in [6.07, 6.45) is 1.74. The number of thiazole rings is 1. The van der Waals surface area contributed by atoms with E-state index < -0.39 is 0 Å². The molecule has 3 rings (SSSR count). The topological polar surface area (TPSA) is 45.2 Å². The largest absolute Gasteiger partial charge is 0.349 e. The number of amides is 1. The van der Waals surface area contributed by atoms with Gasteiger partial charge in [-0.15, -0.1) is 11.3 Å². The summed E-state index contributed by atoms with van der Waals surface area (Å²) in [5.74, 6) is 0.157. The molecule has 0 aliphatic carbocycles. The zero-order chi connectivity index (χ0) is 18.7. The number of nitrogens with one attached hydrogen (secondary N) is 1. The molecule has 0 radical (unpaired) electrons. The minimum absolute atomic E-state index is 0.0527. The summed E-state index contributed by atoms with van der Waals surface area (Å²) in [5.41, 5.74) is 2.02. The molecule has 7 heteroatoms. The van der Waals surface area contributed by atoms with Gasteiger partial charge in [0, 0.05) is 27.9 Å². The molecule has 0 spiro atoms. The highest BCUT2D eigenvalue weighted by molar-refractivity contribution is 7.09. The minimum Gasteiger partial charge on any atom is -0.349 e. The fourth-order valence-corrected chi connectivity index (χ4v) is 4.50. The first-order valence-electron chi connectivity index (χ1n) is 8.81. The van der Waals surface area contributed by atoms with Crippen molar-refractivity contribution in [3.05, 3.63) is 49.9 Å². The predicted molar refractivity (Wildman–Crippen MR) is 108 cm³/mol. The van der Waals surface area contributed by atoms with Crippen LogP contribution in [0.2, 0.25) is 10.0 Å². The Morgan fingerprint density at radius 3 is 2.73 bits per heavy atom. The Hall–Kier alpha value is -1.14. The predicted octanol–water partition coefficient (Wildman–Crippen LogP) is 4.85. The van der Waals surface area contributed by atoms with Crippen LogP contribution in [0.5, 0.6) is 0 Å². The second-order valence-electron chi connectivity index (χ2n) is 6.80. The van der Waals surface area contributed by atoms with E-state index in [1.807, 2.05) is 19.9 Å². The van der Waals surface area contributed by atoms with Crippen LogP contribution < -0.4 is 5.32 Å². The fraction of sp³-hybridized carbons (Fsp3) is 0.474. The Bertz CT molecular complexity index is 772. The zero-order valence-corrected chi connectivity index (χ0v) is 17.3. The third kappa shape index (κ3) is 4.97. The summed E-state index contributed by atoms with van der Waals surface area (Å²) >= 11 is 13.9. The molecule has 1 aromatic heterocycles. The molecule has 26 heavy (non-hydrogen) atoms. The molecule has 0 saturated carbocycles. The van der Waals surface area contributed by atoms with Crippen molar-refractivity contribution in [3.8, 4) is 0 Å². The molecule has 1 saturated heterocycles. The average molecular weight is 412 g/mol. The average Bonchev–Trinajstić information content (AvgIpc) is 3.00. The third-order valence-electron chi connectivity index (χ3n) is 4.80. The summed E-state index contributed by atoms with van der Waals surface area (Å²) < 4.78 is 0. The van der Waals surface area contributed by atoms with Crippen LogP contribution in [0.1, 0.15) is 42.1 Å². The Morgan fingerprint density at radius 1 is 1.38 bits per heavy atom. The number of aryl methyl sites for hydroxylation is 1. The molecule has 1 unspecified atom stereocenters. The number of carbonyl (C=O) groups is 1. The van der Waals surface area contributed by atoms with Crippen molar-refractivity contribution < 1.29 is 4.79 Å². The van der Waals surface area contributed by atoms with Crippen molar-refractivity contribution >= 4 is 40.4 Å². The maximum absolute atomic E-state index is 12.6. The van der Waals surface area contributed by atoms with Crippen LogP contribution in [-0.2, 0) is 11.3 Å². The van der Waals surface area contributed by atoms with E-state index in [1.54, 1.807) is 23.5 Å². The van der Waals surface area contributed by atoms with Crippen LogP contribution in [0.4, 0.5) is 0 Å². The van der Waals surface area contributed by atoms with E-state index in [0.717, 1.165) is 48.7 Å². The smallest absolute Gasteiger partial charge is 0.223 e. The van der Waals surface area contributed by atoms with Crippen molar-refractivity contribution in [2.75, 3.05) is 13.1 Å². The number of nitrogens with zero attached hydrogens (tertiary/aromatic N) is 2. The fourth-order valence-electron chi connectivity index (χ4n) is 3.32. The Labute approximate surface area is 168 Å². The first-order valence-corrected chi connectivity index (χ1v) is 10.4. The first-order chi connectivity index (χ1) is 12.4. The molecule has 4 nitrogen and oxygen atoms in total. The SMILES string of the molecule is Cc1nc(CN2CCC(C(=O)NC(C)c3ccc(Cl)cc3Cl)CC2)cs1. The van der Waals surface area contributed by atoms with E-state index in [2.05, 4.69) is 20.6 Å². The second-order valence-corrected chi connectivity index (χ2v) is 8.71. The molecule has 1 N–H and O–H groups in total. The number of likely N-dealkylation sites (tertiary alicyclic amines) is 1. The quantitative estimate of drug-likeness (QED) is 0.764. The normalized spacial score (nSPS) is 17.2. The lowest BCUT2D eigenvalue weighted by molar-refractivity contribution is -0.127. The van der Waals surface area contributed by atoms with E-state index >= 15 is 0 Å². The highest BCUT2D eigenvalue weighted by Gasteiger charge is 2.26. The Morgan fingerprint density at radius 2 is 2.12 bits per heavy atom. The molecule has 1 amide bonds. The van der Waals surface area contributed by atoms with E-state index in [9.17, 15) is 4.79 Å². The first kappa shape index (κ1) is 19.6. The van der Waals surface area contributed by atoms with Gasteiger partial charge in [-0.1, -0.05) is 29.3 Å². The molecule has 0 bridgehead atoms. The van der Waals surface area contributed by atoms with E-state index in [4.69, 9.17) is 23.2 Å². The molecule has 1 aliphatic heterocycles. The van der Waals surface area contributed by atoms with Crippen LogP contribution >= 0.6 is 34.5 Å². The monoisotopic (exact) mass is 411 g/mol. The third-order valence-corrected chi connectivity index (χ3v) is 6.18.